The van der Waals surface area contributed by atoms with Crippen LogP contribution in [-0.4, -0.2) is 37.9 Å². The molecule has 0 atom stereocenters. The van der Waals surface area contributed by atoms with Gasteiger partial charge in [-0.3, -0.25) is 33.8 Å². The maximum absolute atomic E-state index is 10.3. The van der Waals surface area contributed by atoms with Crippen molar-refractivity contribution in [1.29, 1.82) is 0 Å². The van der Waals surface area contributed by atoms with Gasteiger partial charge >= 0.3 is 11.9 Å². The summed E-state index contributed by atoms with van der Waals surface area (Å²) in [7, 11) is -8.66. The Balaban J connectivity index is 0. The van der Waals surface area contributed by atoms with Gasteiger partial charge in [0, 0.05) is 10.0 Å². The van der Waals surface area contributed by atoms with Gasteiger partial charge in [-0.15, -0.1) is 0 Å². The monoisotopic (exact) mass is 636 g/mol. The molecule has 3 aromatic carbocycles. The number of rotatable bonds is 5. The van der Waals surface area contributed by atoms with E-state index in [1.165, 1.54) is 73.4 Å². The second-order valence-corrected chi connectivity index (χ2v) is 11.0. The molecule has 3 rings (SSSR count). The zero-order chi connectivity index (χ0) is 31.4. The summed E-state index contributed by atoms with van der Waals surface area (Å²) >= 11 is 10.9. The van der Waals surface area contributed by atoms with Crippen molar-refractivity contribution >= 4 is 55.4 Å². The van der Waals surface area contributed by atoms with Crippen LogP contribution in [0.5, 0.6) is 0 Å². The van der Waals surface area contributed by atoms with E-state index in [0.717, 1.165) is 0 Å². The number of unbranched alkanes of at least 4 members (excludes halogenated alkanes) is 1. The third-order valence-electron chi connectivity index (χ3n) is 3.87. The molecule has 0 fully saturated rings. The molecule has 0 aliphatic carbocycles. The first-order valence-corrected chi connectivity index (χ1v) is 14.7. The minimum absolute atomic E-state index is 0.0833. The minimum Gasteiger partial charge on any atom is -0.744 e. The van der Waals surface area contributed by atoms with E-state index in [1.54, 1.807) is 0 Å². The van der Waals surface area contributed by atoms with E-state index in [0.29, 0.717) is 10.0 Å². The molecule has 0 aromatic heterocycles. The van der Waals surface area contributed by atoms with Crippen molar-refractivity contribution in [3.8, 4) is 0 Å². The molecule has 12 N–H and O–H groups in total. The van der Waals surface area contributed by atoms with E-state index in [9.17, 15) is 25.9 Å². The number of guanidine groups is 2. The van der Waals surface area contributed by atoms with Crippen LogP contribution >= 0.6 is 23.2 Å². The largest absolute Gasteiger partial charge is 0.744 e. The van der Waals surface area contributed by atoms with Crippen LogP contribution in [-0.2, 0) is 26.7 Å². The average Bonchev–Trinajstić information content (AvgIpc) is 2.83. The van der Waals surface area contributed by atoms with Crippen molar-refractivity contribution in [2.75, 3.05) is 0 Å². The fourth-order valence-electron chi connectivity index (χ4n) is 2.23. The Morgan fingerprint density at radius 1 is 0.675 bits per heavy atom. The second kappa shape index (κ2) is 20.5. The first-order valence-electron chi connectivity index (χ1n) is 11.1. The van der Waals surface area contributed by atoms with Gasteiger partial charge in [0.1, 0.15) is 20.2 Å². The van der Waals surface area contributed by atoms with Crippen LogP contribution in [0, 0.1) is 0 Å². The molecule has 0 aliphatic heterocycles. The summed E-state index contributed by atoms with van der Waals surface area (Å²) in [5, 5.41) is 9.97. The molecule has 222 valence electrons. The van der Waals surface area contributed by atoms with Crippen LogP contribution in [0.1, 0.15) is 25.3 Å². The topological polar surface area (TPSA) is 270 Å². The van der Waals surface area contributed by atoms with Gasteiger partial charge in [0.2, 0.25) is 0 Å². The average molecular weight is 638 g/mol. The van der Waals surface area contributed by atoms with Crippen LogP contribution in [0.2, 0.25) is 10.0 Å². The molecular formula is C24H34Cl2N6O6S2. The molecule has 0 heterocycles. The minimum atomic E-state index is -4.33. The SMILES string of the molecule is CCCCc1ccccc1.NC(N)=[NH2+].NC(N)=[NH2+].O=S(=O)([O-])c1ccc(Cl)cc1.O=S(=O)([O-])c1ccc(Cl)cc1. The Morgan fingerprint density at radius 2 is 0.975 bits per heavy atom. The Labute approximate surface area is 244 Å². The number of hydrogen-bond acceptors (Lipinski definition) is 6. The molecule has 12 nitrogen and oxygen atoms in total. The van der Waals surface area contributed by atoms with Crippen molar-refractivity contribution in [3.63, 3.8) is 0 Å². The molecule has 0 saturated heterocycles. The highest BCUT2D eigenvalue weighted by atomic mass is 35.5. The van der Waals surface area contributed by atoms with Gasteiger partial charge in [-0.25, -0.2) is 16.8 Å². The molecule has 0 amide bonds. The zero-order valence-electron chi connectivity index (χ0n) is 21.6. The van der Waals surface area contributed by atoms with Crippen LogP contribution in [0.3, 0.4) is 0 Å². The second-order valence-electron chi connectivity index (χ2n) is 7.41. The summed E-state index contributed by atoms with van der Waals surface area (Å²) in [5.74, 6) is -0.167. The predicted molar refractivity (Wildman–Crippen MR) is 154 cm³/mol. The zero-order valence-corrected chi connectivity index (χ0v) is 24.8. The third-order valence-corrected chi connectivity index (χ3v) is 6.07. The summed E-state index contributed by atoms with van der Waals surface area (Å²) in [6.07, 6.45) is 3.83. The van der Waals surface area contributed by atoms with E-state index < -0.39 is 20.2 Å². The lowest BCUT2D eigenvalue weighted by Crippen LogP contribution is -2.51. The molecule has 16 heteroatoms. The van der Waals surface area contributed by atoms with Gasteiger partial charge < -0.3 is 9.11 Å². The Morgan fingerprint density at radius 3 is 1.23 bits per heavy atom. The summed E-state index contributed by atoms with van der Waals surface area (Å²) in [6, 6.07) is 20.7. The van der Waals surface area contributed by atoms with Crippen LogP contribution in [0.15, 0.2) is 88.7 Å². The molecule has 0 bridgehead atoms. The highest BCUT2D eigenvalue weighted by Gasteiger charge is 1.99. The van der Waals surface area contributed by atoms with Gasteiger partial charge in [-0.2, -0.15) is 0 Å². The van der Waals surface area contributed by atoms with Gasteiger partial charge in [-0.1, -0.05) is 66.9 Å². The summed E-state index contributed by atoms with van der Waals surface area (Å²) < 4.78 is 62.1. The summed E-state index contributed by atoms with van der Waals surface area (Å²) in [4.78, 5) is -0.524. The molecule has 0 saturated carbocycles. The summed E-state index contributed by atoms with van der Waals surface area (Å²) in [6.45, 7) is 2.23. The van der Waals surface area contributed by atoms with Crippen LogP contribution < -0.4 is 33.8 Å². The van der Waals surface area contributed by atoms with Gasteiger partial charge in [0.15, 0.2) is 0 Å². The van der Waals surface area contributed by atoms with E-state index >= 15 is 0 Å². The summed E-state index contributed by atoms with van der Waals surface area (Å²) in [5.41, 5.74) is 19.8. The number of aryl methyl sites for hydroxylation is 1. The third kappa shape index (κ3) is 23.7. The van der Waals surface area contributed by atoms with Crippen molar-refractivity contribution in [3.05, 3.63) is 94.5 Å². The maximum Gasteiger partial charge on any atom is 0.336 e. The fraction of sp³-hybridized carbons (Fsp3) is 0.167. The maximum atomic E-state index is 10.3. The highest BCUT2D eigenvalue weighted by molar-refractivity contribution is 7.86. The number of halogens is 2. The van der Waals surface area contributed by atoms with Crippen molar-refractivity contribution < 1.29 is 36.8 Å². The van der Waals surface area contributed by atoms with E-state index in [2.05, 4.69) is 71.0 Å². The molecule has 3 aromatic rings. The van der Waals surface area contributed by atoms with Gasteiger partial charge in [0.25, 0.3) is 0 Å². The Hall–Kier alpha value is -3.40. The Kier molecular flexibility index (Phi) is 19.9. The first-order chi connectivity index (χ1) is 18.4. The highest BCUT2D eigenvalue weighted by Crippen LogP contribution is 2.13. The van der Waals surface area contributed by atoms with Crippen molar-refractivity contribution in [1.82, 2.24) is 0 Å². The Bertz CT molecular complexity index is 1270. The van der Waals surface area contributed by atoms with Crippen molar-refractivity contribution in [2.24, 2.45) is 22.9 Å². The fourth-order valence-corrected chi connectivity index (χ4v) is 3.42. The molecule has 0 aliphatic rings. The van der Waals surface area contributed by atoms with E-state index in [1.807, 2.05) is 0 Å². The lowest BCUT2D eigenvalue weighted by Gasteiger charge is -2.05. The lowest BCUT2D eigenvalue weighted by molar-refractivity contribution is -0.117. The van der Waals surface area contributed by atoms with E-state index in [-0.39, 0.29) is 21.7 Å². The number of nitrogens with two attached hydrogens (primary N) is 6. The molecule has 0 radical (unpaired) electrons. The standard InChI is InChI=1S/C10H14.2C6H5ClO3S.2CH5N3/c1-2-3-7-10-8-5-4-6-9-10;2*7-5-1-3-6(4-2-5)11(8,9)10;2*2-1(3)4/h4-6,8-9H,2-3,7H2,1H3;2*1-4H,(H,8,9,10);2*(H5,2,3,4). The molecule has 0 spiro atoms. The van der Waals surface area contributed by atoms with Gasteiger partial charge in [0.05, 0.1) is 9.79 Å². The quantitative estimate of drug-likeness (QED) is 0.119. The normalized spacial score (nSPS) is 9.93. The lowest BCUT2D eigenvalue weighted by atomic mass is 10.1. The van der Waals surface area contributed by atoms with Crippen LogP contribution in [0.4, 0.5) is 0 Å². The molecular weight excluding hydrogens is 603 g/mol. The van der Waals surface area contributed by atoms with E-state index in [4.69, 9.17) is 23.2 Å². The van der Waals surface area contributed by atoms with Gasteiger partial charge in [-0.05, 0) is 66.9 Å². The number of benzene rings is 3. The molecule has 0 unspecified atom stereocenters. The van der Waals surface area contributed by atoms with Crippen molar-refractivity contribution in [2.45, 2.75) is 36.0 Å². The predicted octanol–water partition coefficient (Wildman–Crippen LogP) is -0.445. The molecule has 40 heavy (non-hydrogen) atoms. The first kappa shape index (κ1) is 38.7. The van der Waals surface area contributed by atoms with Crippen LogP contribution in [0.25, 0.3) is 0 Å². The number of hydrogen-bond donors (Lipinski definition) is 6. The smallest absolute Gasteiger partial charge is 0.336 e.